The molecule has 0 saturated heterocycles. The topological polar surface area (TPSA) is 20.2 Å². The second-order valence-corrected chi connectivity index (χ2v) is 5.94. The fourth-order valence-corrected chi connectivity index (χ4v) is 2.55. The van der Waals surface area contributed by atoms with Crippen molar-refractivity contribution in [2.24, 2.45) is 5.92 Å². The molecular weight excluding hydrogens is 256 g/mol. The number of allylic oxidation sites excluding steroid dienone is 1. The van der Waals surface area contributed by atoms with E-state index in [0.717, 1.165) is 18.4 Å². The van der Waals surface area contributed by atoms with Crippen LogP contribution < -0.4 is 0 Å². The largest absolute Gasteiger partial charge is 0.384 e. The molecule has 1 unspecified atom stereocenters. The van der Waals surface area contributed by atoms with Crippen LogP contribution in [0.4, 0.5) is 0 Å². The van der Waals surface area contributed by atoms with E-state index >= 15 is 0 Å². The summed E-state index contributed by atoms with van der Waals surface area (Å²) in [7, 11) is 0. The molecule has 0 amide bonds. The van der Waals surface area contributed by atoms with Gasteiger partial charge in [0.2, 0.25) is 0 Å². The number of aliphatic hydroxyl groups excluding tert-OH is 1. The highest BCUT2D eigenvalue weighted by atomic mass is 16.3. The first kappa shape index (κ1) is 15.5. The third-order valence-electron chi connectivity index (χ3n) is 3.48. The van der Waals surface area contributed by atoms with E-state index in [4.69, 9.17) is 0 Å². The van der Waals surface area contributed by atoms with Gasteiger partial charge in [0.05, 0.1) is 6.10 Å². The highest BCUT2D eigenvalue weighted by Gasteiger charge is 2.08. The predicted octanol–water partition coefficient (Wildman–Crippen LogP) is 4.94. The van der Waals surface area contributed by atoms with Crippen molar-refractivity contribution in [2.75, 3.05) is 0 Å². The van der Waals surface area contributed by atoms with Crippen LogP contribution in [-0.2, 0) is 6.42 Å². The SMILES string of the molecule is CC(C)C/C(=C/C(O)c1ccccc1)Cc1ccccc1. The van der Waals surface area contributed by atoms with E-state index in [1.54, 1.807) is 0 Å². The average molecular weight is 280 g/mol. The third-order valence-corrected chi connectivity index (χ3v) is 3.48. The Morgan fingerprint density at radius 3 is 2.10 bits per heavy atom. The Morgan fingerprint density at radius 2 is 1.52 bits per heavy atom. The quantitative estimate of drug-likeness (QED) is 0.743. The molecule has 0 bridgehead atoms. The molecule has 1 nitrogen and oxygen atoms in total. The smallest absolute Gasteiger partial charge is 0.0974 e. The summed E-state index contributed by atoms with van der Waals surface area (Å²) in [4.78, 5) is 0. The zero-order valence-corrected chi connectivity index (χ0v) is 12.9. The van der Waals surface area contributed by atoms with Crippen molar-refractivity contribution in [1.29, 1.82) is 0 Å². The zero-order valence-electron chi connectivity index (χ0n) is 12.9. The first-order chi connectivity index (χ1) is 10.1. The molecule has 0 fully saturated rings. The van der Waals surface area contributed by atoms with E-state index in [1.165, 1.54) is 11.1 Å². The van der Waals surface area contributed by atoms with Gasteiger partial charge in [0.15, 0.2) is 0 Å². The fraction of sp³-hybridized carbons (Fsp3) is 0.300. The maximum Gasteiger partial charge on any atom is 0.0974 e. The van der Waals surface area contributed by atoms with Gasteiger partial charge in [-0.2, -0.15) is 0 Å². The highest BCUT2D eigenvalue weighted by molar-refractivity contribution is 5.26. The highest BCUT2D eigenvalue weighted by Crippen LogP contribution is 2.22. The Kier molecular flexibility index (Phi) is 5.77. The van der Waals surface area contributed by atoms with Gasteiger partial charge in [0, 0.05) is 0 Å². The minimum atomic E-state index is -0.524. The molecular formula is C20H24O. The summed E-state index contributed by atoms with van der Waals surface area (Å²) >= 11 is 0. The Labute approximate surface area is 128 Å². The van der Waals surface area contributed by atoms with Gasteiger partial charge in [0.25, 0.3) is 0 Å². The monoisotopic (exact) mass is 280 g/mol. The van der Waals surface area contributed by atoms with Crippen LogP contribution >= 0.6 is 0 Å². The van der Waals surface area contributed by atoms with Gasteiger partial charge in [-0.15, -0.1) is 0 Å². The lowest BCUT2D eigenvalue weighted by Crippen LogP contribution is -2.01. The van der Waals surface area contributed by atoms with Gasteiger partial charge >= 0.3 is 0 Å². The van der Waals surface area contributed by atoms with E-state index in [0.29, 0.717) is 5.92 Å². The van der Waals surface area contributed by atoms with Crippen molar-refractivity contribution in [2.45, 2.75) is 32.8 Å². The van der Waals surface area contributed by atoms with Gasteiger partial charge in [0.1, 0.15) is 0 Å². The van der Waals surface area contributed by atoms with Crippen molar-refractivity contribution in [3.63, 3.8) is 0 Å². The van der Waals surface area contributed by atoms with E-state index in [2.05, 4.69) is 38.1 Å². The minimum Gasteiger partial charge on any atom is -0.384 e. The van der Waals surface area contributed by atoms with Crippen LogP contribution in [0, 0.1) is 5.92 Å². The first-order valence-corrected chi connectivity index (χ1v) is 7.61. The summed E-state index contributed by atoms with van der Waals surface area (Å²) in [6.07, 6.45) is 3.41. The Balaban J connectivity index is 2.17. The van der Waals surface area contributed by atoms with Gasteiger partial charge in [-0.05, 0) is 29.9 Å². The lowest BCUT2D eigenvalue weighted by Gasteiger charge is -2.14. The molecule has 1 atom stereocenters. The molecule has 1 heteroatoms. The fourth-order valence-electron chi connectivity index (χ4n) is 2.55. The molecule has 0 aliphatic rings. The molecule has 2 rings (SSSR count). The predicted molar refractivity (Wildman–Crippen MR) is 89.1 cm³/mol. The van der Waals surface area contributed by atoms with Crippen LogP contribution in [0.25, 0.3) is 0 Å². The second kappa shape index (κ2) is 7.80. The number of hydrogen-bond acceptors (Lipinski definition) is 1. The van der Waals surface area contributed by atoms with Gasteiger partial charge < -0.3 is 5.11 Å². The van der Waals surface area contributed by atoms with Crippen molar-refractivity contribution in [3.8, 4) is 0 Å². The standard InChI is InChI=1S/C20H24O/c1-16(2)13-18(14-17-9-5-3-6-10-17)15-20(21)19-11-7-4-8-12-19/h3-12,15-16,20-21H,13-14H2,1-2H3/b18-15-. The zero-order chi connectivity index (χ0) is 15.1. The summed E-state index contributed by atoms with van der Waals surface area (Å²) in [6.45, 7) is 4.43. The third kappa shape index (κ3) is 5.20. The lowest BCUT2D eigenvalue weighted by atomic mass is 9.94. The molecule has 0 aromatic heterocycles. The van der Waals surface area contributed by atoms with E-state index < -0.39 is 6.10 Å². The van der Waals surface area contributed by atoms with Crippen LogP contribution in [-0.4, -0.2) is 5.11 Å². The molecule has 21 heavy (non-hydrogen) atoms. The van der Waals surface area contributed by atoms with Gasteiger partial charge in [-0.1, -0.05) is 86.2 Å². The number of benzene rings is 2. The number of hydrogen-bond donors (Lipinski definition) is 1. The lowest BCUT2D eigenvalue weighted by molar-refractivity contribution is 0.227. The minimum absolute atomic E-state index is 0.524. The van der Waals surface area contributed by atoms with Crippen LogP contribution in [0.1, 0.15) is 37.5 Å². The van der Waals surface area contributed by atoms with Crippen molar-refractivity contribution >= 4 is 0 Å². The molecule has 0 aliphatic carbocycles. The Bertz CT molecular complexity index is 555. The Morgan fingerprint density at radius 1 is 0.952 bits per heavy atom. The molecule has 0 aliphatic heterocycles. The van der Waals surface area contributed by atoms with Crippen molar-refractivity contribution in [3.05, 3.63) is 83.4 Å². The molecule has 0 heterocycles. The van der Waals surface area contributed by atoms with E-state index in [-0.39, 0.29) is 0 Å². The summed E-state index contributed by atoms with van der Waals surface area (Å²) in [5.74, 6) is 0.586. The molecule has 110 valence electrons. The number of aliphatic hydroxyl groups is 1. The molecule has 0 spiro atoms. The Hall–Kier alpha value is -1.86. The summed E-state index contributed by atoms with van der Waals surface area (Å²) in [6, 6.07) is 20.3. The van der Waals surface area contributed by atoms with Crippen molar-refractivity contribution < 1.29 is 5.11 Å². The molecule has 2 aromatic rings. The summed E-state index contributed by atoms with van der Waals surface area (Å²) < 4.78 is 0. The molecule has 1 N–H and O–H groups in total. The number of rotatable bonds is 6. The normalized spacial score (nSPS) is 13.4. The van der Waals surface area contributed by atoms with Gasteiger partial charge in [-0.25, -0.2) is 0 Å². The molecule has 0 saturated carbocycles. The van der Waals surface area contributed by atoms with Crippen LogP contribution in [0.15, 0.2) is 72.3 Å². The summed E-state index contributed by atoms with van der Waals surface area (Å²) in [5.41, 5.74) is 3.55. The van der Waals surface area contributed by atoms with E-state index in [1.807, 2.05) is 42.5 Å². The van der Waals surface area contributed by atoms with Crippen LogP contribution in [0.3, 0.4) is 0 Å². The van der Waals surface area contributed by atoms with Crippen molar-refractivity contribution in [1.82, 2.24) is 0 Å². The maximum atomic E-state index is 10.4. The van der Waals surface area contributed by atoms with E-state index in [9.17, 15) is 5.11 Å². The average Bonchev–Trinajstić information content (AvgIpc) is 2.48. The molecule has 0 radical (unpaired) electrons. The summed E-state index contributed by atoms with van der Waals surface area (Å²) in [5, 5.41) is 10.4. The second-order valence-electron chi connectivity index (χ2n) is 5.94. The first-order valence-electron chi connectivity index (χ1n) is 7.61. The maximum absolute atomic E-state index is 10.4. The van der Waals surface area contributed by atoms with Gasteiger partial charge in [-0.3, -0.25) is 0 Å². The van der Waals surface area contributed by atoms with Crippen LogP contribution in [0.2, 0.25) is 0 Å². The molecule has 2 aromatic carbocycles. The van der Waals surface area contributed by atoms with Crippen LogP contribution in [0.5, 0.6) is 0 Å².